The number of aromatic amines is 1. The highest BCUT2D eigenvalue weighted by atomic mass is 16.5. The molecule has 0 radical (unpaired) electrons. The van der Waals surface area contributed by atoms with Gasteiger partial charge in [-0.05, 0) is 31.2 Å². The second-order valence-electron chi connectivity index (χ2n) is 7.28. The number of imide groups is 1. The Hall–Kier alpha value is -4.14. The fourth-order valence-corrected chi connectivity index (χ4v) is 3.94. The number of carbonyl (C=O) groups is 2. The number of ether oxygens (including phenoxy) is 1. The molecule has 3 heterocycles. The van der Waals surface area contributed by atoms with E-state index in [1.807, 2.05) is 6.07 Å². The molecule has 0 bridgehead atoms. The highest BCUT2D eigenvalue weighted by molar-refractivity contribution is 6.22. The number of nitrogens with zero attached hydrogens (tertiary/aromatic N) is 3. The largest absolute Gasteiger partial charge is 0.497 e. The SMILES string of the molecule is COc1cccc(N2C(=O)C[C@H](c3c(C)[nH]n(-c4nc5ccccc5o4)c3=O)C2=O)c1. The summed E-state index contributed by atoms with van der Waals surface area (Å²) in [5, 5.41) is 2.92. The van der Waals surface area contributed by atoms with Gasteiger partial charge in [0.25, 0.3) is 5.56 Å². The van der Waals surface area contributed by atoms with Crippen molar-refractivity contribution in [3.8, 4) is 11.8 Å². The number of methoxy groups -OCH3 is 1. The number of oxazole rings is 1. The highest BCUT2D eigenvalue weighted by Gasteiger charge is 2.43. The molecule has 1 atom stereocenters. The molecule has 4 aromatic rings. The van der Waals surface area contributed by atoms with Gasteiger partial charge in [0, 0.05) is 18.2 Å². The third-order valence-electron chi connectivity index (χ3n) is 5.40. The maximum absolute atomic E-state index is 13.2. The molecular formula is C22H18N4O5. The maximum Gasteiger partial charge on any atom is 0.325 e. The van der Waals surface area contributed by atoms with E-state index < -0.39 is 17.4 Å². The Morgan fingerprint density at radius 2 is 1.94 bits per heavy atom. The van der Waals surface area contributed by atoms with Crippen molar-refractivity contribution in [3.63, 3.8) is 0 Å². The van der Waals surface area contributed by atoms with Gasteiger partial charge in [0.1, 0.15) is 11.3 Å². The van der Waals surface area contributed by atoms with Crippen molar-refractivity contribution in [2.75, 3.05) is 12.0 Å². The van der Waals surface area contributed by atoms with Crippen LogP contribution in [0.25, 0.3) is 17.1 Å². The van der Waals surface area contributed by atoms with Crippen LogP contribution in [0.15, 0.2) is 57.7 Å². The number of para-hydroxylation sites is 2. The highest BCUT2D eigenvalue weighted by Crippen LogP contribution is 2.34. The average Bonchev–Trinajstić information content (AvgIpc) is 3.41. The van der Waals surface area contributed by atoms with Gasteiger partial charge in [-0.3, -0.25) is 19.5 Å². The van der Waals surface area contributed by atoms with Gasteiger partial charge < -0.3 is 9.15 Å². The number of aryl methyl sites for hydroxylation is 1. The zero-order chi connectivity index (χ0) is 21.7. The number of carbonyl (C=O) groups excluding carboxylic acids is 2. The molecule has 31 heavy (non-hydrogen) atoms. The number of fused-ring (bicyclic) bond motifs is 1. The molecule has 0 spiro atoms. The predicted molar refractivity (Wildman–Crippen MR) is 112 cm³/mol. The van der Waals surface area contributed by atoms with Crippen molar-refractivity contribution < 1.29 is 18.7 Å². The van der Waals surface area contributed by atoms with Crippen LogP contribution in [0.1, 0.15) is 23.6 Å². The Kier molecular flexibility index (Phi) is 4.25. The van der Waals surface area contributed by atoms with Crippen LogP contribution in [-0.4, -0.2) is 33.7 Å². The molecule has 1 fully saturated rings. The average molecular weight is 418 g/mol. The summed E-state index contributed by atoms with van der Waals surface area (Å²) < 4.78 is 12.0. The quantitative estimate of drug-likeness (QED) is 0.510. The first-order valence-corrected chi connectivity index (χ1v) is 9.66. The number of H-pyrrole nitrogens is 1. The molecule has 0 unspecified atom stereocenters. The second-order valence-corrected chi connectivity index (χ2v) is 7.28. The first-order chi connectivity index (χ1) is 15.0. The van der Waals surface area contributed by atoms with Gasteiger partial charge in [-0.1, -0.05) is 18.2 Å². The predicted octanol–water partition coefficient (Wildman–Crippen LogP) is 2.67. The van der Waals surface area contributed by atoms with Gasteiger partial charge in [-0.15, -0.1) is 0 Å². The Morgan fingerprint density at radius 1 is 1.13 bits per heavy atom. The molecule has 1 aliphatic rings. The minimum absolute atomic E-state index is 0.0713. The van der Waals surface area contributed by atoms with E-state index in [0.29, 0.717) is 28.2 Å². The monoisotopic (exact) mass is 418 g/mol. The fourth-order valence-electron chi connectivity index (χ4n) is 3.94. The van der Waals surface area contributed by atoms with Crippen LogP contribution in [0, 0.1) is 6.92 Å². The van der Waals surface area contributed by atoms with Gasteiger partial charge in [-0.25, -0.2) is 4.90 Å². The first kappa shape index (κ1) is 18.9. The number of hydrogen-bond acceptors (Lipinski definition) is 6. The summed E-state index contributed by atoms with van der Waals surface area (Å²) in [6.45, 7) is 1.68. The number of hydrogen-bond donors (Lipinski definition) is 1. The van der Waals surface area contributed by atoms with Gasteiger partial charge >= 0.3 is 6.01 Å². The summed E-state index contributed by atoms with van der Waals surface area (Å²) in [5.74, 6) is -1.20. The van der Waals surface area contributed by atoms with Crippen LogP contribution >= 0.6 is 0 Å². The number of aromatic nitrogens is 3. The number of nitrogens with one attached hydrogen (secondary N) is 1. The maximum atomic E-state index is 13.2. The van der Waals surface area contributed by atoms with E-state index >= 15 is 0 Å². The van der Waals surface area contributed by atoms with E-state index in [-0.39, 0.29) is 23.9 Å². The van der Waals surface area contributed by atoms with Gasteiger partial charge in [0.15, 0.2) is 5.58 Å². The first-order valence-electron chi connectivity index (χ1n) is 9.66. The van der Waals surface area contributed by atoms with Crippen LogP contribution in [0.3, 0.4) is 0 Å². The summed E-state index contributed by atoms with van der Waals surface area (Å²) >= 11 is 0. The molecule has 0 saturated carbocycles. The third kappa shape index (κ3) is 2.93. The molecule has 2 aromatic carbocycles. The summed E-state index contributed by atoms with van der Waals surface area (Å²) in [5.41, 5.74) is 1.79. The molecule has 1 aliphatic heterocycles. The lowest BCUT2D eigenvalue weighted by atomic mass is 9.98. The van der Waals surface area contributed by atoms with E-state index in [1.54, 1.807) is 49.4 Å². The smallest absolute Gasteiger partial charge is 0.325 e. The molecular weight excluding hydrogens is 400 g/mol. The van der Waals surface area contributed by atoms with Crippen LogP contribution in [0.4, 0.5) is 5.69 Å². The Bertz CT molecular complexity index is 1360. The summed E-state index contributed by atoms with van der Waals surface area (Å²) in [4.78, 5) is 44.5. The fraction of sp³-hybridized carbons (Fsp3) is 0.182. The Labute approximate surface area is 175 Å². The summed E-state index contributed by atoms with van der Waals surface area (Å²) in [6.07, 6.45) is -0.0997. The molecule has 9 nitrogen and oxygen atoms in total. The lowest BCUT2D eigenvalue weighted by molar-refractivity contribution is -0.121. The molecule has 2 aromatic heterocycles. The number of rotatable bonds is 4. The Balaban J connectivity index is 1.54. The third-order valence-corrected chi connectivity index (χ3v) is 5.40. The molecule has 9 heteroatoms. The van der Waals surface area contributed by atoms with E-state index in [2.05, 4.69) is 10.1 Å². The topological polar surface area (TPSA) is 110 Å². The van der Waals surface area contributed by atoms with Crippen LogP contribution in [-0.2, 0) is 9.59 Å². The minimum atomic E-state index is -0.895. The molecule has 1 saturated heterocycles. The van der Waals surface area contributed by atoms with E-state index in [9.17, 15) is 14.4 Å². The minimum Gasteiger partial charge on any atom is -0.497 e. The Morgan fingerprint density at radius 3 is 2.71 bits per heavy atom. The molecule has 1 N–H and O–H groups in total. The van der Waals surface area contributed by atoms with Crippen LogP contribution < -0.4 is 15.2 Å². The van der Waals surface area contributed by atoms with Crippen LogP contribution in [0.5, 0.6) is 5.75 Å². The van der Waals surface area contributed by atoms with E-state index in [1.165, 1.54) is 7.11 Å². The number of amides is 2. The van der Waals surface area contributed by atoms with Gasteiger partial charge in [-0.2, -0.15) is 9.67 Å². The standard InChI is InChI=1S/C22H18N4O5/c1-12-19(21(29)26(24-12)22-23-16-8-3-4-9-17(16)31-22)15-11-18(27)25(20(15)28)13-6-5-7-14(10-13)30-2/h3-10,15,24H,11H2,1-2H3/t15-/m1/s1. The summed E-state index contributed by atoms with van der Waals surface area (Å²) in [7, 11) is 1.51. The van der Waals surface area contributed by atoms with Crippen molar-refractivity contribution in [2.24, 2.45) is 0 Å². The van der Waals surface area contributed by atoms with Crippen molar-refractivity contribution in [1.29, 1.82) is 0 Å². The second kappa shape index (κ2) is 6.98. The van der Waals surface area contributed by atoms with Gasteiger partial charge in [0.05, 0.1) is 24.3 Å². The van der Waals surface area contributed by atoms with Crippen molar-refractivity contribution >= 4 is 28.6 Å². The summed E-state index contributed by atoms with van der Waals surface area (Å²) in [6, 6.07) is 13.9. The zero-order valence-corrected chi connectivity index (χ0v) is 16.8. The van der Waals surface area contributed by atoms with Crippen molar-refractivity contribution in [3.05, 3.63) is 70.1 Å². The van der Waals surface area contributed by atoms with E-state index in [0.717, 1.165) is 9.58 Å². The zero-order valence-electron chi connectivity index (χ0n) is 16.8. The molecule has 156 valence electrons. The molecule has 5 rings (SSSR count). The molecule has 2 amide bonds. The van der Waals surface area contributed by atoms with Crippen LogP contribution in [0.2, 0.25) is 0 Å². The molecule has 0 aliphatic carbocycles. The number of benzene rings is 2. The van der Waals surface area contributed by atoms with Crippen molar-refractivity contribution in [1.82, 2.24) is 14.8 Å². The van der Waals surface area contributed by atoms with E-state index in [4.69, 9.17) is 9.15 Å². The van der Waals surface area contributed by atoms with Gasteiger partial charge in [0.2, 0.25) is 11.8 Å². The lowest BCUT2D eigenvalue weighted by Crippen LogP contribution is -2.31. The normalized spacial score (nSPS) is 16.5. The number of anilines is 1. The van der Waals surface area contributed by atoms with Crippen molar-refractivity contribution in [2.45, 2.75) is 19.3 Å². The lowest BCUT2D eigenvalue weighted by Gasteiger charge is -2.15.